The molecule has 0 aromatic heterocycles. The van der Waals surface area contributed by atoms with Crippen LogP contribution in [-0.2, 0) is 4.79 Å². The molecule has 0 aromatic carbocycles. The van der Waals surface area contributed by atoms with Crippen LogP contribution in [0.5, 0.6) is 0 Å². The molecule has 2 saturated heterocycles. The van der Waals surface area contributed by atoms with Crippen molar-refractivity contribution in [1.29, 1.82) is 0 Å². The maximum atomic E-state index is 12.0. The summed E-state index contributed by atoms with van der Waals surface area (Å²) in [6.07, 6.45) is 8.39. The van der Waals surface area contributed by atoms with Gasteiger partial charge >= 0.3 is 0 Å². The number of aliphatic imine (C=N–C) groups is 1. The van der Waals surface area contributed by atoms with E-state index in [1.54, 1.807) is 0 Å². The van der Waals surface area contributed by atoms with Crippen LogP contribution in [0.25, 0.3) is 0 Å². The lowest BCUT2D eigenvalue weighted by molar-refractivity contribution is -0.130. The van der Waals surface area contributed by atoms with E-state index in [-0.39, 0.29) is 12.5 Å². The van der Waals surface area contributed by atoms with Gasteiger partial charge in [0.05, 0.1) is 0 Å². The summed E-state index contributed by atoms with van der Waals surface area (Å²) >= 11 is 0. The molecule has 19 heavy (non-hydrogen) atoms. The van der Waals surface area contributed by atoms with Crippen molar-refractivity contribution in [2.45, 2.75) is 44.9 Å². The summed E-state index contributed by atoms with van der Waals surface area (Å²) in [7, 11) is 0. The summed E-state index contributed by atoms with van der Waals surface area (Å²) in [6.45, 7) is 3.94. The summed E-state index contributed by atoms with van der Waals surface area (Å²) < 4.78 is 0. The van der Waals surface area contributed by atoms with E-state index < -0.39 is 0 Å². The molecule has 2 fully saturated rings. The van der Waals surface area contributed by atoms with E-state index in [4.69, 9.17) is 5.73 Å². The first-order valence-corrected chi connectivity index (χ1v) is 7.60. The highest BCUT2D eigenvalue weighted by atomic mass is 16.2. The van der Waals surface area contributed by atoms with Gasteiger partial charge in [-0.1, -0.05) is 12.8 Å². The van der Waals surface area contributed by atoms with Crippen LogP contribution in [-0.4, -0.2) is 54.4 Å². The lowest BCUT2D eigenvalue weighted by Gasteiger charge is -2.26. The van der Waals surface area contributed by atoms with Crippen LogP contribution in [0.3, 0.4) is 0 Å². The SMILES string of the molecule is NC(=NCC(=O)N1CCCCC1)N1CCCCCC1. The van der Waals surface area contributed by atoms with Gasteiger partial charge < -0.3 is 15.5 Å². The first-order chi connectivity index (χ1) is 9.27. The Balaban J connectivity index is 1.80. The van der Waals surface area contributed by atoms with Gasteiger partial charge in [0.1, 0.15) is 6.54 Å². The summed E-state index contributed by atoms with van der Waals surface area (Å²) in [5.74, 6) is 0.671. The minimum absolute atomic E-state index is 0.123. The molecule has 0 atom stereocenters. The second-order valence-corrected chi connectivity index (χ2v) is 5.52. The molecule has 0 spiro atoms. The Kier molecular flexibility index (Phi) is 5.48. The Morgan fingerprint density at radius 3 is 1.89 bits per heavy atom. The number of carbonyl (C=O) groups is 1. The third-order valence-corrected chi connectivity index (χ3v) is 4.02. The number of rotatable bonds is 2. The number of piperidine rings is 1. The molecule has 0 saturated carbocycles. The zero-order chi connectivity index (χ0) is 13.5. The number of guanidine groups is 1. The first kappa shape index (κ1) is 14.2. The minimum Gasteiger partial charge on any atom is -0.370 e. The monoisotopic (exact) mass is 266 g/mol. The quantitative estimate of drug-likeness (QED) is 0.603. The van der Waals surface area contributed by atoms with Gasteiger partial charge in [-0.05, 0) is 32.1 Å². The largest absolute Gasteiger partial charge is 0.370 e. The van der Waals surface area contributed by atoms with E-state index in [0.717, 1.165) is 39.0 Å². The molecule has 0 radical (unpaired) electrons. The predicted molar refractivity (Wildman–Crippen MR) is 77.0 cm³/mol. The van der Waals surface area contributed by atoms with Gasteiger partial charge in [0.15, 0.2) is 5.96 Å². The van der Waals surface area contributed by atoms with Gasteiger partial charge in [0.2, 0.25) is 5.91 Å². The number of hydrogen-bond donors (Lipinski definition) is 1. The molecular weight excluding hydrogens is 240 g/mol. The third-order valence-electron chi connectivity index (χ3n) is 4.02. The van der Waals surface area contributed by atoms with Gasteiger partial charge in [-0.3, -0.25) is 4.79 Å². The van der Waals surface area contributed by atoms with Crippen molar-refractivity contribution in [3.05, 3.63) is 0 Å². The highest BCUT2D eigenvalue weighted by molar-refractivity contribution is 5.84. The van der Waals surface area contributed by atoms with Crippen LogP contribution in [0.1, 0.15) is 44.9 Å². The average Bonchev–Trinajstić information content (AvgIpc) is 2.74. The summed E-state index contributed by atoms with van der Waals surface area (Å²) in [5, 5.41) is 0. The smallest absolute Gasteiger partial charge is 0.244 e. The summed E-state index contributed by atoms with van der Waals surface area (Å²) in [5.41, 5.74) is 6.00. The molecule has 5 heteroatoms. The van der Waals surface area contributed by atoms with Crippen molar-refractivity contribution in [3.8, 4) is 0 Å². The van der Waals surface area contributed by atoms with Gasteiger partial charge in [-0.2, -0.15) is 0 Å². The van der Waals surface area contributed by atoms with Crippen LogP contribution in [0.15, 0.2) is 4.99 Å². The van der Waals surface area contributed by atoms with Crippen LogP contribution in [0.4, 0.5) is 0 Å². The number of amides is 1. The Labute approximate surface area is 115 Å². The lowest BCUT2D eigenvalue weighted by atomic mass is 10.1. The number of carbonyl (C=O) groups excluding carboxylic acids is 1. The molecule has 0 unspecified atom stereocenters. The van der Waals surface area contributed by atoms with E-state index in [1.165, 1.54) is 32.1 Å². The molecule has 1 amide bonds. The highest BCUT2D eigenvalue weighted by Gasteiger charge is 2.16. The maximum Gasteiger partial charge on any atom is 0.244 e. The number of likely N-dealkylation sites (tertiary alicyclic amines) is 2. The second kappa shape index (κ2) is 7.36. The fourth-order valence-corrected chi connectivity index (χ4v) is 2.79. The maximum absolute atomic E-state index is 12.0. The molecule has 0 aromatic rings. The second-order valence-electron chi connectivity index (χ2n) is 5.52. The Morgan fingerprint density at radius 1 is 0.842 bits per heavy atom. The average molecular weight is 266 g/mol. The summed E-state index contributed by atoms with van der Waals surface area (Å²) in [4.78, 5) is 20.3. The van der Waals surface area contributed by atoms with E-state index in [0.29, 0.717) is 5.96 Å². The van der Waals surface area contributed by atoms with Crippen molar-refractivity contribution in [2.75, 3.05) is 32.7 Å². The molecule has 5 nitrogen and oxygen atoms in total. The zero-order valence-corrected chi connectivity index (χ0v) is 11.8. The molecule has 2 aliphatic heterocycles. The number of hydrogen-bond acceptors (Lipinski definition) is 2. The molecule has 2 heterocycles. The molecule has 2 aliphatic rings. The van der Waals surface area contributed by atoms with Crippen molar-refractivity contribution in [3.63, 3.8) is 0 Å². The normalized spacial score (nSPS) is 22.2. The molecule has 2 rings (SSSR count). The topological polar surface area (TPSA) is 61.9 Å². The van der Waals surface area contributed by atoms with Crippen LogP contribution < -0.4 is 5.73 Å². The fraction of sp³-hybridized carbons (Fsp3) is 0.857. The van der Waals surface area contributed by atoms with Crippen molar-refractivity contribution in [2.24, 2.45) is 10.7 Å². The number of nitrogens with two attached hydrogens (primary N) is 1. The van der Waals surface area contributed by atoms with E-state index in [2.05, 4.69) is 9.89 Å². The molecule has 2 N–H and O–H groups in total. The first-order valence-electron chi connectivity index (χ1n) is 7.60. The van der Waals surface area contributed by atoms with E-state index >= 15 is 0 Å². The minimum atomic E-state index is 0.123. The summed E-state index contributed by atoms with van der Waals surface area (Å²) in [6, 6.07) is 0. The third kappa shape index (κ3) is 4.40. The highest BCUT2D eigenvalue weighted by Crippen LogP contribution is 2.10. The predicted octanol–water partition coefficient (Wildman–Crippen LogP) is 1.19. The molecular formula is C14H26N4O. The van der Waals surface area contributed by atoms with Crippen molar-refractivity contribution >= 4 is 11.9 Å². The van der Waals surface area contributed by atoms with Crippen LogP contribution in [0.2, 0.25) is 0 Å². The van der Waals surface area contributed by atoms with E-state index in [1.807, 2.05) is 4.90 Å². The molecule has 0 aliphatic carbocycles. The molecule has 0 bridgehead atoms. The Morgan fingerprint density at radius 2 is 1.32 bits per heavy atom. The van der Waals surface area contributed by atoms with Gasteiger partial charge in [0.25, 0.3) is 0 Å². The Bertz CT molecular complexity index is 315. The van der Waals surface area contributed by atoms with Crippen molar-refractivity contribution in [1.82, 2.24) is 9.80 Å². The van der Waals surface area contributed by atoms with Gasteiger partial charge in [0, 0.05) is 26.2 Å². The van der Waals surface area contributed by atoms with Crippen LogP contribution >= 0.6 is 0 Å². The van der Waals surface area contributed by atoms with Crippen molar-refractivity contribution < 1.29 is 4.79 Å². The Hall–Kier alpha value is -1.26. The van der Waals surface area contributed by atoms with Crippen LogP contribution in [0, 0.1) is 0 Å². The zero-order valence-electron chi connectivity index (χ0n) is 11.8. The fourth-order valence-electron chi connectivity index (χ4n) is 2.79. The standard InChI is InChI=1S/C14H26N4O/c15-14(18-10-4-1-2-5-11-18)16-12-13(19)17-8-6-3-7-9-17/h1-12H2,(H2,15,16). The molecule has 108 valence electrons. The van der Waals surface area contributed by atoms with Gasteiger partial charge in [-0.15, -0.1) is 0 Å². The number of nitrogens with zero attached hydrogens (tertiary/aromatic N) is 3. The van der Waals surface area contributed by atoms with E-state index in [9.17, 15) is 4.79 Å². The lowest BCUT2D eigenvalue weighted by Crippen LogP contribution is -2.40. The van der Waals surface area contributed by atoms with Gasteiger partial charge in [-0.25, -0.2) is 4.99 Å².